The molecule has 34 heavy (non-hydrogen) atoms. The zero-order chi connectivity index (χ0) is 23.5. The molecule has 1 aliphatic rings. The molecule has 0 radical (unpaired) electrons. The van der Waals surface area contributed by atoms with Gasteiger partial charge in [0.15, 0.2) is 0 Å². The van der Waals surface area contributed by atoms with Crippen molar-refractivity contribution in [1.29, 1.82) is 0 Å². The van der Waals surface area contributed by atoms with Crippen molar-refractivity contribution >= 4 is 22.5 Å². The second-order valence-electron chi connectivity index (χ2n) is 8.86. The molecule has 6 heteroatoms. The quantitative estimate of drug-likeness (QED) is 0.461. The number of rotatable bonds is 7. The van der Waals surface area contributed by atoms with Crippen LogP contribution < -0.4 is 15.8 Å². The zero-order valence-electron chi connectivity index (χ0n) is 19.3. The number of hydrogen-bond donors (Lipinski definition) is 1. The van der Waals surface area contributed by atoms with E-state index in [1.165, 1.54) is 27.7 Å². The third-order valence-electron chi connectivity index (χ3n) is 6.50. The second kappa shape index (κ2) is 9.51. The van der Waals surface area contributed by atoms with Crippen LogP contribution in [-0.4, -0.2) is 22.0 Å². The Morgan fingerprint density at radius 3 is 2.65 bits per heavy atom. The minimum Gasteiger partial charge on any atom is -0.367 e. The Bertz CT molecular complexity index is 1390. The van der Waals surface area contributed by atoms with Gasteiger partial charge in [-0.25, -0.2) is 4.98 Å². The summed E-state index contributed by atoms with van der Waals surface area (Å²) < 4.78 is 1.51. The molecule has 2 heterocycles. The summed E-state index contributed by atoms with van der Waals surface area (Å²) in [4.78, 5) is 31.9. The number of benzene rings is 3. The van der Waals surface area contributed by atoms with Gasteiger partial charge in [-0.1, -0.05) is 54.6 Å². The normalized spacial score (nSPS) is 12.7. The summed E-state index contributed by atoms with van der Waals surface area (Å²) in [5, 5.41) is 3.54. The van der Waals surface area contributed by atoms with Gasteiger partial charge in [-0.2, -0.15) is 0 Å². The Labute approximate surface area is 198 Å². The average molecular weight is 453 g/mol. The molecule has 3 aromatic carbocycles. The summed E-state index contributed by atoms with van der Waals surface area (Å²) in [7, 11) is 0. The molecule has 1 N–H and O–H groups in total. The number of para-hydroxylation sites is 2. The Balaban J connectivity index is 1.13. The first-order chi connectivity index (χ1) is 16.6. The number of amides is 1. The lowest BCUT2D eigenvalue weighted by Crippen LogP contribution is -2.27. The summed E-state index contributed by atoms with van der Waals surface area (Å²) in [6.45, 7) is 4.64. The van der Waals surface area contributed by atoms with Gasteiger partial charge >= 0.3 is 0 Å². The number of aryl methyl sites for hydroxylation is 2. The topological polar surface area (TPSA) is 67.2 Å². The summed E-state index contributed by atoms with van der Waals surface area (Å²) in [5.74, 6) is -0.0889. The molecule has 0 bridgehead atoms. The zero-order valence-corrected chi connectivity index (χ0v) is 19.3. The SMILES string of the molecule is Cc1cccc2c(=O)n(CCC(=O)NCc3ccc(CN4CCc5ccccc54)cc3)cnc12. The van der Waals surface area contributed by atoms with Gasteiger partial charge in [-0.3, -0.25) is 14.2 Å². The highest BCUT2D eigenvalue weighted by Gasteiger charge is 2.18. The van der Waals surface area contributed by atoms with Crippen LogP contribution in [0.1, 0.15) is 28.7 Å². The van der Waals surface area contributed by atoms with Gasteiger partial charge in [-0.15, -0.1) is 0 Å². The van der Waals surface area contributed by atoms with E-state index >= 15 is 0 Å². The average Bonchev–Trinajstić information content (AvgIpc) is 3.26. The molecule has 1 aromatic heterocycles. The van der Waals surface area contributed by atoms with E-state index in [9.17, 15) is 9.59 Å². The van der Waals surface area contributed by atoms with E-state index in [-0.39, 0.29) is 17.9 Å². The summed E-state index contributed by atoms with van der Waals surface area (Å²) in [6.07, 6.45) is 2.86. The maximum absolute atomic E-state index is 12.7. The van der Waals surface area contributed by atoms with Gasteiger partial charge in [0.05, 0.1) is 17.2 Å². The fourth-order valence-corrected chi connectivity index (χ4v) is 4.56. The molecule has 0 aliphatic carbocycles. The second-order valence-corrected chi connectivity index (χ2v) is 8.86. The molecule has 6 nitrogen and oxygen atoms in total. The van der Waals surface area contributed by atoms with Gasteiger partial charge < -0.3 is 10.2 Å². The third-order valence-corrected chi connectivity index (χ3v) is 6.50. The van der Waals surface area contributed by atoms with Gasteiger partial charge in [0.25, 0.3) is 5.56 Å². The van der Waals surface area contributed by atoms with Crippen LogP contribution in [0.15, 0.2) is 77.9 Å². The highest BCUT2D eigenvalue weighted by molar-refractivity contribution is 5.80. The van der Waals surface area contributed by atoms with Crippen LogP contribution >= 0.6 is 0 Å². The van der Waals surface area contributed by atoms with Crippen molar-refractivity contribution in [2.24, 2.45) is 0 Å². The van der Waals surface area contributed by atoms with Crippen molar-refractivity contribution in [2.45, 2.75) is 39.4 Å². The van der Waals surface area contributed by atoms with E-state index < -0.39 is 0 Å². The van der Waals surface area contributed by atoms with E-state index in [1.807, 2.05) is 19.1 Å². The molecule has 0 spiro atoms. The molecule has 0 saturated carbocycles. The van der Waals surface area contributed by atoms with Gasteiger partial charge in [0, 0.05) is 38.3 Å². The number of fused-ring (bicyclic) bond motifs is 2. The molecular formula is C28H28N4O2. The van der Waals surface area contributed by atoms with Gasteiger partial charge in [-0.05, 0) is 47.7 Å². The summed E-state index contributed by atoms with van der Waals surface area (Å²) in [6, 6.07) is 22.5. The van der Waals surface area contributed by atoms with E-state index in [4.69, 9.17) is 0 Å². The van der Waals surface area contributed by atoms with E-state index in [0.29, 0.717) is 24.0 Å². The van der Waals surface area contributed by atoms with Crippen LogP contribution in [0.2, 0.25) is 0 Å². The van der Waals surface area contributed by atoms with Crippen LogP contribution in [-0.2, 0) is 30.8 Å². The van der Waals surface area contributed by atoms with E-state index in [0.717, 1.165) is 30.6 Å². The lowest BCUT2D eigenvalue weighted by molar-refractivity contribution is -0.121. The number of nitrogens with zero attached hydrogens (tertiary/aromatic N) is 3. The number of aromatic nitrogens is 2. The smallest absolute Gasteiger partial charge is 0.261 e. The van der Waals surface area contributed by atoms with E-state index in [2.05, 4.69) is 63.7 Å². The molecule has 1 amide bonds. The first kappa shape index (κ1) is 21.9. The molecule has 172 valence electrons. The predicted octanol–water partition coefficient (Wildman–Crippen LogP) is 3.97. The van der Waals surface area contributed by atoms with Gasteiger partial charge in [0.1, 0.15) is 0 Å². The first-order valence-electron chi connectivity index (χ1n) is 11.7. The number of nitrogens with one attached hydrogen (secondary N) is 1. The van der Waals surface area contributed by atoms with Crippen LogP contribution in [0.5, 0.6) is 0 Å². The van der Waals surface area contributed by atoms with Crippen molar-refractivity contribution in [3.05, 3.63) is 106 Å². The van der Waals surface area contributed by atoms with Crippen molar-refractivity contribution in [3.8, 4) is 0 Å². The molecule has 0 fully saturated rings. The van der Waals surface area contributed by atoms with Gasteiger partial charge in [0.2, 0.25) is 5.91 Å². The molecule has 1 aliphatic heterocycles. The molecule has 5 rings (SSSR count). The Kier molecular flexibility index (Phi) is 6.12. The van der Waals surface area contributed by atoms with E-state index in [1.54, 1.807) is 6.07 Å². The van der Waals surface area contributed by atoms with Crippen LogP contribution in [0.4, 0.5) is 5.69 Å². The van der Waals surface area contributed by atoms with Crippen molar-refractivity contribution in [2.75, 3.05) is 11.4 Å². The minimum atomic E-state index is -0.113. The number of carbonyl (C=O) groups excluding carboxylic acids is 1. The largest absolute Gasteiger partial charge is 0.367 e. The summed E-state index contributed by atoms with van der Waals surface area (Å²) >= 11 is 0. The van der Waals surface area contributed by atoms with Crippen molar-refractivity contribution in [3.63, 3.8) is 0 Å². The highest BCUT2D eigenvalue weighted by Crippen LogP contribution is 2.28. The number of carbonyl (C=O) groups is 1. The van der Waals surface area contributed by atoms with Crippen LogP contribution in [0.3, 0.4) is 0 Å². The molecule has 4 aromatic rings. The van der Waals surface area contributed by atoms with Crippen molar-refractivity contribution in [1.82, 2.24) is 14.9 Å². The maximum atomic E-state index is 12.7. The predicted molar refractivity (Wildman–Crippen MR) is 135 cm³/mol. The lowest BCUT2D eigenvalue weighted by Gasteiger charge is -2.19. The number of anilines is 1. The minimum absolute atomic E-state index is 0.0889. The maximum Gasteiger partial charge on any atom is 0.261 e. The summed E-state index contributed by atoms with van der Waals surface area (Å²) in [5.41, 5.74) is 6.62. The van der Waals surface area contributed by atoms with Crippen molar-refractivity contribution < 1.29 is 4.79 Å². The van der Waals surface area contributed by atoms with Crippen LogP contribution in [0.25, 0.3) is 10.9 Å². The lowest BCUT2D eigenvalue weighted by atomic mass is 10.1. The Morgan fingerprint density at radius 1 is 1.00 bits per heavy atom. The third kappa shape index (κ3) is 4.57. The highest BCUT2D eigenvalue weighted by atomic mass is 16.1. The first-order valence-corrected chi connectivity index (χ1v) is 11.7. The van der Waals surface area contributed by atoms with Crippen LogP contribution in [0, 0.1) is 6.92 Å². The Hall–Kier alpha value is -3.93. The monoisotopic (exact) mass is 452 g/mol. The Morgan fingerprint density at radius 2 is 1.79 bits per heavy atom. The fraction of sp³-hybridized carbons (Fsp3) is 0.250. The fourth-order valence-electron chi connectivity index (χ4n) is 4.56. The standard InChI is InChI=1S/C28H28N4O2/c1-20-5-4-7-24-27(20)30-19-32(28(24)34)16-14-26(33)29-17-21-9-11-22(12-10-21)18-31-15-13-23-6-2-3-8-25(23)31/h2-12,19H,13-18H2,1H3,(H,29,33). The molecule has 0 atom stereocenters. The number of hydrogen-bond acceptors (Lipinski definition) is 4. The molecule has 0 unspecified atom stereocenters. The molecule has 0 saturated heterocycles. The molecular weight excluding hydrogens is 424 g/mol.